The lowest BCUT2D eigenvalue weighted by molar-refractivity contribution is -0.141. The number of aliphatic hydroxyl groups is 1. The smallest absolute Gasteiger partial charge is 0.391 e. The summed E-state index contributed by atoms with van der Waals surface area (Å²) >= 11 is 0. The topological polar surface area (TPSA) is 84.1 Å². The number of nitrogens with zero attached hydrogens (tertiary/aromatic N) is 2. The summed E-state index contributed by atoms with van der Waals surface area (Å²) < 4.78 is 37.7. The Kier molecular flexibility index (Phi) is 3.79. The quantitative estimate of drug-likeness (QED) is 0.767. The molecule has 1 aromatic heterocycles. The van der Waals surface area contributed by atoms with Gasteiger partial charge in [-0.05, 0) is 12.8 Å². The van der Waals surface area contributed by atoms with Gasteiger partial charge in [-0.15, -0.1) is 0 Å². The average molecular weight is 276 g/mol. The second-order valence-electron chi connectivity index (χ2n) is 4.60. The predicted molar refractivity (Wildman–Crippen MR) is 63.3 cm³/mol. The number of nitrogen functional groups attached to an aromatic ring is 1. The number of nitrogens with two attached hydrogens (primary N) is 1. The molecule has 1 aliphatic carbocycles. The van der Waals surface area contributed by atoms with Gasteiger partial charge in [0.25, 0.3) is 0 Å². The number of hydrogen-bond donors (Lipinski definition) is 3. The van der Waals surface area contributed by atoms with E-state index >= 15 is 0 Å². The van der Waals surface area contributed by atoms with Crippen molar-refractivity contribution in [3.05, 3.63) is 11.8 Å². The summed E-state index contributed by atoms with van der Waals surface area (Å²) in [5.74, 6) is -0.451. The lowest BCUT2D eigenvalue weighted by Crippen LogP contribution is -2.36. The van der Waals surface area contributed by atoms with E-state index < -0.39 is 23.9 Å². The summed E-state index contributed by atoms with van der Waals surface area (Å²) in [7, 11) is 0. The number of halogens is 3. The third kappa shape index (κ3) is 3.46. The van der Waals surface area contributed by atoms with Crippen LogP contribution in [0.15, 0.2) is 6.07 Å². The number of nitrogens with one attached hydrogen (secondary N) is 1. The first-order valence-electron chi connectivity index (χ1n) is 6.02. The molecular weight excluding hydrogens is 261 g/mol. The molecule has 1 heterocycles. The van der Waals surface area contributed by atoms with E-state index in [9.17, 15) is 18.3 Å². The maximum atomic E-state index is 12.6. The first-order valence-corrected chi connectivity index (χ1v) is 6.02. The largest absolute Gasteiger partial charge is 0.433 e. The molecule has 8 heteroatoms. The monoisotopic (exact) mass is 276 g/mol. The molecule has 0 amide bonds. The average Bonchev–Trinajstić information content (AvgIpc) is 2.30. The maximum absolute atomic E-state index is 12.6. The van der Waals surface area contributed by atoms with E-state index in [1.54, 1.807) is 0 Å². The highest BCUT2D eigenvalue weighted by Gasteiger charge is 2.34. The lowest BCUT2D eigenvalue weighted by atomic mass is 9.92. The van der Waals surface area contributed by atoms with Crippen molar-refractivity contribution in [1.82, 2.24) is 9.97 Å². The number of hydrogen-bond acceptors (Lipinski definition) is 5. The van der Waals surface area contributed by atoms with Gasteiger partial charge in [0.15, 0.2) is 5.69 Å². The van der Waals surface area contributed by atoms with Crippen LogP contribution in [0.4, 0.5) is 24.9 Å². The van der Waals surface area contributed by atoms with Gasteiger partial charge in [0.05, 0.1) is 12.1 Å². The molecule has 0 aliphatic heterocycles. The van der Waals surface area contributed by atoms with Crippen LogP contribution < -0.4 is 11.1 Å². The van der Waals surface area contributed by atoms with E-state index in [0.717, 1.165) is 18.9 Å². The van der Waals surface area contributed by atoms with Crippen molar-refractivity contribution in [2.45, 2.75) is 44.0 Å². The van der Waals surface area contributed by atoms with Gasteiger partial charge in [-0.25, -0.2) is 4.98 Å². The maximum Gasteiger partial charge on any atom is 0.433 e. The van der Waals surface area contributed by atoms with Crippen LogP contribution in [0.1, 0.15) is 31.4 Å². The van der Waals surface area contributed by atoms with Crippen molar-refractivity contribution >= 4 is 11.8 Å². The molecule has 5 nitrogen and oxygen atoms in total. The van der Waals surface area contributed by atoms with E-state index in [4.69, 9.17) is 5.73 Å². The molecule has 2 atom stereocenters. The molecular formula is C11H15F3N4O. The Morgan fingerprint density at radius 2 is 1.95 bits per heavy atom. The molecule has 1 fully saturated rings. The molecule has 2 unspecified atom stereocenters. The van der Waals surface area contributed by atoms with Crippen molar-refractivity contribution in [2.75, 3.05) is 11.1 Å². The zero-order valence-electron chi connectivity index (χ0n) is 10.1. The van der Waals surface area contributed by atoms with Crippen LogP contribution in [0.2, 0.25) is 0 Å². The van der Waals surface area contributed by atoms with Gasteiger partial charge in [-0.1, -0.05) is 12.8 Å². The van der Waals surface area contributed by atoms with Crippen LogP contribution in [0.25, 0.3) is 0 Å². The molecule has 1 aliphatic rings. The normalized spacial score (nSPS) is 24.2. The van der Waals surface area contributed by atoms with E-state index in [0.29, 0.717) is 12.8 Å². The van der Waals surface area contributed by atoms with Crippen molar-refractivity contribution in [3.63, 3.8) is 0 Å². The van der Waals surface area contributed by atoms with Gasteiger partial charge >= 0.3 is 6.18 Å². The summed E-state index contributed by atoms with van der Waals surface area (Å²) in [4.78, 5) is 6.88. The van der Waals surface area contributed by atoms with Crippen molar-refractivity contribution in [2.24, 2.45) is 0 Å². The van der Waals surface area contributed by atoms with Gasteiger partial charge in [-0.2, -0.15) is 18.2 Å². The number of alkyl halides is 3. The molecule has 0 radical (unpaired) electrons. The minimum absolute atomic E-state index is 0.00854. The molecule has 106 valence electrons. The Morgan fingerprint density at radius 1 is 1.26 bits per heavy atom. The summed E-state index contributed by atoms with van der Waals surface area (Å²) in [5.41, 5.74) is 4.18. The van der Waals surface area contributed by atoms with Crippen LogP contribution in [-0.4, -0.2) is 27.2 Å². The van der Waals surface area contributed by atoms with E-state index in [2.05, 4.69) is 15.3 Å². The summed E-state index contributed by atoms with van der Waals surface area (Å²) in [6, 6.07) is 0.502. The summed E-state index contributed by atoms with van der Waals surface area (Å²) in [5, 5.41) is 12.6. The van der Waals surface area contributed by atoms with Crippen molar-refractivity contribution < 1.29 is 18.3 Å². The third-order valence-electron chi connectivity index (χ3n) is 3.10. The van der Waals surface area contributed by atoms with E-state index in [1.807, 2.05) is 0 Å². The highest BCUT2D eigenvalue weighted by Crippen LogP contribution is 2.30. The molecule has 19 heavy (non-hydrogen) atoms. The van der Waals surface area contributed by atoms with Crippen LogP contribution in [0, 0.1) is 0 Å². The second kappa shape index (κ2) is 5.20. The summed E-state index contributed by atoms with van der Waals surface area (Å²) in [6.45, 7) is 0. The Morgan fingerprint density at radius 3 is 2.58 bits per heavy atom. The Bertz CT molecular complexity index is 452. The lowest BCUT2D eigenvalue weighted by Gasteiger charge is -2.28. The summed E-state index contributed by atoms with van der Waals surface area (Å²) in [6.07, 6.45) is -2.00. The number of rotatable bonds is 2. The van der Waals surface area contributed by atoms with Gasteiger partial charge in [0.2, 0.25) is 5.95 Å². The standard InChI is InChI=1S/C11H15F3N4O/c12-11(13,14)8-5-9(18-10(15)17-8)16-6-3-1-2-4-7(6)19/h5-7,19H,1-4H2,(H3,15,16,17,18). The zero-order chi connectivity index (χ0) is 14.0. The number of aliphatic hydroxyl groups excluding tert-OH is 1. The molecule has 0 aromatic carbocycles. The number of aromatic nitrogens is 2. The fourth-order valence-electron chi connectivity index (χ4n) is 2.15. The van der Waals surface area contributed by atoms with Crippen LogP contribution in [0.3, 0.4) is 0 Å². The molecule has 1 saturated carbocycles. The van der Waals surface area contributed by atoms with Crippen molar-refractivity contribution in [1.29, 1.82) is 0 Å². The molecule has 4 N–H and O–H groups in total. The van der Waals surface area contributed by atoms with Crippen molar-refractivity contribution in [3.8, 4) is 0 Å². The fourth-order valence-corrected chi connectivity index (χ4v) is 2.15. The second-order valence-corrected chi connectivity index (χ2v) is 4.60. The minimum atomic E-state index is -4.57. The first-order chi connectivity index (χ1) is 8.86. The molecule has 2 rings (SSSR count). The molecule has 0 bridgehead atoms. The molecule has 1 aromatic rings. The van der Waals surface area contributed by atoms with E-state index in [-0.39, 0.29) is 11.9 Å². The SMILES string of the molecule is Nc1nc(NC2CCCCC2O)cc(C(F)(F)F)n1. The highest BCUT2D eigenvalue weighted by atomic mass is 19.4. The highest BCUT2D eigenvalue weighted by molar-refractivity contribution is 5.42. The first kappa shape index (κ1) is 13.9. The zero-order valence-corrected chi connectivity index (χ0v) is 10.1. The Labute approximate surface area is 108 Å². The molecule has 0 spiro atoms. The number of anilines is 2. The Balaban J connectivity index is 2.18. The van der Waals surface area contributed by atoms with Gasteiger partial charge < -0.3 is 16.2 Å². The van der Waals surface area contributed by atoms with E-state index in [1.165, 1.54) is 0 Å². The minimum Gasteiger partial charge on any atom is -0.391 e. The van der Waals surface area contributed by atoms with Crippen LogP contribution in [-0.2, 0) is 6.18 Å². The van der Waals surface area contributed by atoms with Gasteiger partial charge in [0, 0.05) is 6.07 Å². The van der Waals surface area contributed by atoms with Crippen LogP contribution in [0.5, 0.6) is 0 Å². The van der Waals surface area contributed by atoms with Gasteiger partial charge in [0.1, 0.15) is 5.82 Å². The molecule has 0 saturated heterocycles. The van der Waals surface area contributed by atoms with Gasteiger partial charge in [-0.3, -0.25) is 0 Å². The van der Waals surface area contributed by atoms with Crippen LogP contribution >= 0.6 is 0 Å². The fraction of sp³-hybridized carbons (Fsp3) is 0.636. The Hall–Kier alpha value is -1.57. The third-order valence-corrected chi connectivity index (χ3v) is 3.10. The predicted octanol–water partition coefficient (Wildman–Crippen LogP) is 1.79.